The number of rotatable bonds is 4. The van der Waals surface area contributed by atoms with Gasteiger partial charge in [0, 0.05) is 24.9 Å². The molecule has 0 saturated carbocycles. The average Bonchev–Trinajstić information content (AvgIpc) is 3.25. The van der Waals surface area contributed by atoms with Crippen LogP contribution in [0, 0.1) is 19.8 Å². The number of hydrogen-bond acceptors (Lipinski definition) is 4. The van der Waals surface area contributed by atoms with Crippen LogP contribution in [0.4, 0.5) is 24.5 Å². The predicted molar refractivity (Wildman–Crippen MR) is 99.6 cm³/mol. The van der Waals surface area contributed by atoms with Crippen molar-refractivity contribution in [1.82, 2.24) is 9.78 Å². The Hall–Kier alpha value is -2.88. The van der Waals surface area contributed by atoms with Gasteiger partial charge in [-0.25, -0.2) is 0 Å². The molecule has 1 aromatic heterocycles. The van der Waals surface area contributed by atoms with E-state index in [1.807, 2.05) is 0 Å². The van der Waals surface area contributed by atoms with Gasteiger partial charge in [-0.1, -0.05) is 0 Å². The molecule has 1 aliphatic rings. The van der Waals surface area contributed by atoms with Gasteiger partial charge in [0.2, 0.25) is 5.91 Å². The van der Waals surface area contributed by atoms with Crippen molar-refractivity contribution in [2.24, 2.45) is 13.0 Å². The molecule has 7 nitrogen and oxygen atoms in total. The summed E-state index contributed by atoms with van der Waals surface area (Å²) in [6.45, 7) is 4.07. The minimum atomic E-state index is -4.67. The number of nitrogens with one attached hydrogen (secondary N) is 2. The maximum atomic E-state index is 13.3. The first-order chi connectivity index (χ1) is 13.6. The third-order valence-electron chi connectivity index (χ3n) is 4.84. The number of nitrogens with zero attached hydrogens (tertiary/aromatic N) is 2. The number of carbonyl (C=O) groups is 2. The van der Waals surface area contributed by atoms with Crippen molar-refractivity contribution in [3.05, 3.63) is 40.7 Å². The lowest BCUT2D eigenvalue weighted by Gasteiger charge is -2.15. The smallest absolute Gasteiger partial charge is 0.381 e. The molecule has 0 aliphatic carbocycles. The summed E-state index contributed by atoms with van der Waals surface area (Å²) >= 11 is 0. The van der Waals surface area contributed by atoms with E-state index in [1.165, 1.54) is 6.07 Å². The van der Waals surface area contributed by atoms with E-state index >= 15 is 0 Å². The first-order valence-electron chi connectivity index (χ1n) is 8.98. The maximum Gasteiger partial charge on any atom is 0.416 e. The van der Waals surface area contributed by atoms with Crippen LogP contribution in [0.25, 0.3) is 0 Å². The van der Waals surface area contributed by atoms with Crippen LogP contribution >= 0.6 is 0 Å². The van der Waals surface area contributed by atoms with E-state index in [0.717, 1.165) is 12.1 Å². The third kappa shape index (κ3) is 4.58. The van der Waals surface area contributed by atoms with Gasteiger partial charge in [-0.05, 0) is 38.5 Å². The summed E-state index contributed by atoms with van der Waals surface area (Å²) in [6, 6.07) is 2.79. The Morgan fingerprint density at radius 1 is 1.21 bits per heavy atom. The van der Waals surface area contributed by atoms with Crippen molar-refractivity contribution in [3.8, 4) is 0 Å². The van der Waals surface area contributed by atoms with Crippen LogP contribution < -0.4 is 10.6 Å². The van der Waals surface area contributed by atoms with Crippen molar-refractivity contribution in [1.29, 1.82) is 0 Å². The third-order valence-corrected chi connectivity index (χ3v) is 4.84. The van der Waals surface area contributed by atoms with E-state index in [1.54, 1.807) is 25.6 Å². The molecule has 0 radical (unpaired) electrons. The lowest BCUT2D eigenvalue weighted by Crippen LogP contribution is -2.23. The number of hydrogen-bond donors (Lipinski definition) is 2. The highest BCUT2D eigenvalue weighted by atomic mass is 19.4. The van der Waals surface area contributed by atoms with E-state index in [0.29, 0.717) is 30.1 Å². The second kappa shape index (κ2) is 7.86. The van der Waals surface area contributed by atoms with Gasteiger partial charge in [0.1, 0.15) is 0 Å². The summed E-state index contributed by atoms with van der Waals surface area (Å²) in [5.41, 5.74) is 0.297. The molecule has 2 heterocycles. The first-order valence-corrected chi connectivity index (χ1v) is 8.98. The van der Waals surface area contributed by atoms with Gasteiger partial charge in [0.25, 0.3) is 5.91 Å². The normalized spacial score (nSPS) is 16.7. The Kier molecular flexibility index (Phi) is 5.65. The molecule has 0 spiro atoms. The Morgan fingerprint density at radius 2 is 1.93 bits per heavy atom. The Balaban J connectivity index is 1.90. The molecule has 2 N–H and O–H groups in total. The maximum absolute atomic E-state index is 13.3. The van der Waals surface area contributed by atoms with Gasteiger partial charge in [-0.15, -0.1) is 0 Å². The second-order valence-electron chi connectivity index (χ2n) is 6.97. The van der Waals surface area contributed by atoms with Gasteiger partial charge in [0.05, 0.1) is 35.2 Å². The van der Waals surface area contributed by atoms with Crippen molar-refractivity contribution in [2.75, 3.05) is 23.8 Å². The number of ether oxygens (including phenoxy) is 1. The summed E-state index contributed by atoms with van der Waals surface area (Å²) in [7, 11) is 1.70. The van der Waals surface area contributed by atoms with Gasteiger partial charge in [0.15, 0.2) is 0 Å². The van der Waals surface area contributed by atoms with Crippen LogP contribution in [0.2, 0.25) is 0 Å². The summed E-state index contributed by atoms with van der Waals surface area (Å²) in [4.78, 5) is 24.9. The highest BCUT2D eigenvalue weighted by molar-refractivity contribution is 6.06. The van der Waals surface area contributed by atoms with Crippen LogP contribution in [0.5, 0.6) is 0 Å². The lowest BCUT2D eigenvalue weighted by molar-refractivity contribution is -0.137. The van der Waals surface area contributed by atoms with E-state index in [4.69, 9.17) is 4.74 Å². The van der Waals surface area contributed by atoms with Gasteiger partial charge < -0.3 is 15.4 Å². The molecule has 2 amide bonds. The highest BCUT2D eigenvalue weighted by Gasteiger charge is 2.32. The van der Waals surface area contributed by atoms with E-state index in [9.17, 15) is 22.8 Å². The fraction of sp³-hybridized carbons (Fsp3) is 0.421. The number of halogens is 3. The first kappa shape index (κ1) is 20.8. The van der Waals surface area contributed by atoms with E-state index in [2.05, 4.69) is 15.7 Å². The summed E-state index contributed by atoms with van der Waals surface area (Å²) < 4.78 is 46.7. The number of aryl methyl sites for hydroxylation is 2. The van der Waals surface area contributed by atoms with Crippen LogP contribution in [-0.4, -0.2) is 34.8 Å². The molecular formula is C19H21F3N4O3. The van der Waals surface area contributed by atoms with E-state index in [-0.39, 0.29) is 17.9 Å². The second-order valence-corrected chi connectivity index (χ2v) is 6.97. The molecule has 0 bridgehead atoms. The van der Waals surface area contributed by atoms with Gasteiger partial charge in [-0.2, -0.15) is 18.3 Å². The van der Waals surface area contributed by atoms with Crippen LogP contribution in [0.15, 0.2) is 18.2 Å². The largest absolute Gasteiger partial charge is 0.416 e. The number of alkyl halides is 3. The molecule has 1 aromatic carbocycles. The molecule has 3 rings (SSSR count). The Labute approximate surface area is 165 Å². The quantitative estimate of drug-likeness (QED) is 0.810. The SMILES string of the molecule is Cc1nn(C)c(C)c1NC(=O)c1cc(NC(=O)C2CCOC2)cc(C(F)(F)F)c1. The van der Waals surface area contributed by atoms with Crippen LogP contribution in [0.1, 0.15) is 33.7 Å². The Bertz CT molecular complexity index is 947. The molecule has 156 valence electrons. The molecule has 1 aliphatic heterocycles. The minimum Gasteiger partial charge on any atom is -0.381 e. The molecule has 29 heavy (non-hydrogen) atoms. The zero-order valence-corrected chi connectivity index (χ0v) is 16.2. The predicted octanol–water partition coefficient (Wildman–Crippen LogP) is 3.28. The zero-order chi connectivity index (χ0) is 21.3. The molecular weight excluding hydrogens is 389 g/mol. The monoisotopic (exact) mass is 410 g/mol. The fourth-order valence-electron chi connectivity index (χ4n) is 3.12. The fourth-order valence-corrected chi connectivity index (χ4v) is 3.12. The average molecular weight is 410 g/mol. The number of carbonyl (C=O) groups excluding carboxylic acids is 2. The van der Waals surface area contributed by atoms with Crippen molar-refractivity contribution in [2.45, 2.75) is 26.4 Å². The standard InChI is InChI=1S/C19H21F3N4O3/c1-10-16(11(2)26(3)25-10)24-18(28)13-6-14(19(20,21)22)8-15(7-13)23-17(27)12-4-5-29-9-12/h6-8,12H,4-5,9H2,1-3H3,(H,23,27)(H,24,28). The van der Waals surface area contributed by atoms with Gasteiger partial charge >= 0.3 is 6.18 Å². The minimum absolute atomic E-state index is 0.0958. The molecule has 10 heteroatoms. The van der Waals surface area contributed by atoms with Crippen molar-refractivity contribution < 1.29 is 27.5 Å². The zero-order valence-electron chi connectivity index (χ0n) is 16.2. The van der Waals surface area contributed by atoms with Crippen LogP contribution in [0.3, 0.4) is 0 Å². The van der Waals surface area contributed by atoms with Gasteiger partial charge in [-0.3, -0.25) is 14.3 Å². The molecule has 1 saturated heterocycles. The molecule has 1 atom stereocenters. The summed E-state index contributed by atoms with van der Waals surface area (Å²) in [6.07, 6.45) is -4.18. The van der Waals surface area contributed by atoms with E-state index < -0.39 is 29.5 Å². The lowest BCUT2D eigenvalue weighted by atomic mass is 10.1. The van der Waals surface area contributed by atoms with Crippen molar-refractivity contribution >= 4 is 23.2 Å². The molecule has 1 unspecified atom stereocenters. The summed E-state index contributed by atoms with van der Waals surface area (Å²) in [5, 5.41) is 9.24. The number of aromatic nitrogens is 2. The summed E-state index contributed by atoms with van der Waals surface area (Å²) in [5.74, 6) is -1.59. The number of benzene rings is 1. The topological polar surface area (TPSA) is 85.3 Å². The van der Waals surface area contributed by atoms with Crippen molar-refractivity contribution in [3.63, 3.8) is 0 Å². The molecule has 2 aromatic rings. The highest BCUT2D eigenvalue weighted by Crippen LogP contribution is 2.33. The number of amides is 2. The Morgan fingerprint density at radius 3 is 2.48 bits per heavy atom. The van der Waals surface area contributed by atoms with Crippen LogP contribution in [-0.2, 0) is 22.8 Å². The molecule has 1 fully saturated rings. The number of anilines is 2.